The average Bonchev–Trinajstić information content (AvgIpc) is 2.70. The van der Waals surface area contributed by atoms with Gasteiger partial charge in [-0.25, -0.2) is 13.8 Å². The number of hydrogen-bond acceptors (Lipinski definition) is 1. The van der Waals surface area contributed by atoms with Crippen LogP contribution in [0.5, 0.6) is 0 Å². The van der Waals surface area contributed by atoms with E-state index < -0.39 is 11.6 Å². The summed E-state index contributed by atoms with van der Waals surface area (Å²) >= 11 is 0. The minimum atomic E-state index is -0.499. The first kappa shape index (κ1) is 9.83. The first-order valence-corrected chi connectivity index (χ1v) is 4.68. The van der Waals surface area contributed by atoms with Gasteiger partial charge in [0.1, 0.15) is 17.5 Å². The Kier molecular flexibility index (Phi) is 2.76. The fourth-order valence-corrected chi connectivity index (χ4v) is 1.45. The molecule has 0 unspecified atom stereocenters. The van der Waals surface area contributed by atoms with E-state index in [2.05, 4.69) is 9.97 Å². The van der Waals surface area contributed by atoms with Gasteiger partial charge in [-0.05, 0) is 18.6 Å². The van der Waals surface area contributed by atoms with Gasteiger partial charge in [-0.2, -0.15) is 0 Å². The smallest absolute Gasteiger partial charge is 0.129 e. The lowest BCUT2D eigenvalue weighted by Gasteiger charge is -2.02. The van der Waals surface area contributed by atoms with Crippen molar-refractivity contribution in [2.75, 3.05) is 0 Å². The lowest BCUT2D eigenvalue weighted by Crippen LogP contribution is -1.99. The Labute approximate surface area is 86.0 Å². The van der Waals surface area contributed by atoms with Crippen molar-refractivity contribution < 1.29 is 8.78 Å². The maximum absolute atomic E-state index is 13.2. The number of aromatic nitrogens is 2. The molecule has 0 bridgehead atoms. The SMILES string of the molecule is Fc1cccc(F)c1CCc1ncc[nH]1. The second kappa shape index (κ2) is 4.21. The highest BCUT2D eigenvalue weighted by molar-refractivity contribution is 5.20. The molecule has 0 atom stereocenters. The number of H-pyrrole nitrogens is 1. The molecular formula is C11H10F2N2. The Morgan fingerprint density at radius 3 is 2.47 bits per heavy atom. The van der Waals surface area contributed by atoms with E-state index in [1.54, 1.807) is 12.4 Å². The van der Waals surface area contributed by atoms with E-state index in [0.29, 0.717) is 12.8 Å². The topological polar surface area (TPSA) is 28.7 Å². The predicted molar refractivity (Wildman–Crippen MR) is 52.4 cm³/mol. The summed E-state index contributed by atoms with van der Waals surface area (Å²) in [6.07, 6.45) is 4.12. The molecule has 1 N–H and O–H groups in total. The molecule has 15 heavy (non-hydrogen) atoms. The third kappa shape index (κ3) is 2.21. The number of benzene rings is 1. The quantitative estimate of drug-likeness (QED) is 0.824. The van der Waals surface area contributed by atoms with E-state index in [1.807, 2.05) is 0 Å². The molecule has 0 aliphatic carbocycles. The van der Waals surface area contributed by atoms with Gasteiger partial charge in [-0.15, -0.1) is 0 Å². The van der Waals surface area contributed by atoms with Crippen molar-refractivity contribution in [1.29, 1.82) is 0 Å². The third-order valence-corrected chi connectivity index (χ3v) is 2.23. The molecule has 0 spiro atoms. The molecule has 1 heterocycles. The van der Waals surface area contributed by atoms with Crippen LogP contribution >= 0.6 is 0 Å². The van der Waals surface area contributed by atoms with Crippen molar-refractivity contribution in [2.45, 2.75) is 12.8 Å². The Morgan fingerprint density at radius 1 is 1.13 bits per heavy atom. The number of halogens is 2. The Balaban J connectivity index is 2.11. The van der Waals surface area contributed by atoms with Gasteiger partial charge < -0.3 is 4.98 Å². The first-order chi connectivity index (χ1) is 7.27. The molecule has 1 aromatic heterocycles. The van der Waals surface area contributed by atoms with Crippen LogP contribution in [0.1, 0.15) is 11.4 Å². The molecule has 78 valence electrons. The molecule has 2 aromatic rings. The van der Waals surface area contributed by atoms with Crippen LogP contribution in [0.2, 0.25) is 0 Å². The molecule has 2 nitrogen and oxygen atoms in total. The third-order valence-electron chi connectivity index (χ3n) is 2.23. The highest BCUT2D eigenvalue weighted by atomic mass is 19.1. The molecule has 0 saturated carbocycles. The van der Waals surface area contributed by atoms with Crippen molar-refractivity contribution in [1.82, 2.24) is 9.97 Å². The van der Waals surface area contributed by atoms with Gasteiger partial charge in [0.05, 0.1) is 0 Å². The number of rotatable bonds is 3. The van der Waals surface area contributed by atoms with Gasteiger partial charge >= 0.3 is 0 Å². The van der Waals surface area contributed by atoms with E-state index in [-0.39, 0.29) is 5.56 Å². The molecule has 0 aliphatic heterocycles. The first-order valence-electron chi connectivity index (χ1n) is 4.68. The summed E-state index contributed by atoms with van der Waals surface area (Å²) in [6, 6.07) is 3.89. The molecule has 0 radical (unpaired) electrons. The lowest BCUT2D eigenvalue weighted by molar-refractivity contribution is 0.553. The molecule has 0 fully saturated rings. The van der Waals surface area contributed by atoms with E-state index >= 15 is 0 Å². The number of hydrogen-bond donors (Lipinski definition) is 1. The minimum absolute atomic E-state index is 0.119. The Morgan fingerprint density at radius 2 is 1.87 bits per heavy atom. The summed E-state index contributed by atoms with van der Waals surface area (Å²) in [5, 5.41) is 0. The normalized spacial score (nSPS) is 10.5. The zero-order valence-electron chi connectivity index (χ0n) is 8.00. The maximum atomic E-state index is 13.2. The van der Waals surface area contributed by atoms with Gasteiger partial charge in [0.2, 0.25) is 0 Å². The summed E-state index contributed by atoms with van der Waals surface area (Å²) in [6.45, 7) is 0. The van der Waals surface area contributed by atoms with Gasteiger partial charge in [0.15, 0.2) is 0 Å². The number of aryl methyl sites for hydroxylation is 1. The molecular weight excluding hydrogens is 198 g/mol. The summed E-state index contributed by atoms with van der Waals surface area (Å²) < 4.78 is 26.4. The van der Waals surface area contributed by atoms with Crippen molar-refractivity contribution in [3.8, 4) is 0 Å². The molecule has 0 saturated heterocycles. The van der Waals surface area contributed by atoms with Crippen molar-refractivity contribution in [2.24, 2.45) is 0 Å². The van der Waals surface area contributed by atoms with Crippen LogP contribution in [-0.4, -0.2) is 9.97 Å². The highest BCUT2D eigenvalue weighted by Gasteiger charge is 2.08. The number of aromatic amines is 1. The number of imidazole rings is 1. The van der Waals surface area contributed by atoms with Crippen LogP contribution in [0.4, 0.5) is 8.78 Å². The Bertz CT molecular complexity index is 418. The van der Waals surface area contributed by atoms with Gasteiger partial charge in [-0.3, -0.25) is 0 Å². The van der Waals surface area contributed by atoms with Crippen molar-refractivity contribution >= 4 is 0 Å². The van der Waals surface area contributed by atoms with Crippen molar-refractivity contribution in [3.05, 3.63) is 53.6 Å². The summed E-state index contributed by atoms with van der Waals surface area (Å²) in [5.74, 6) is -0.263. The van der Waals surface area contributed by atoms with Crippen LogP contribution < -0.4 is 0 Å². The molecule has 2 rings (SSSR count). The average molecular weight is 208 g/mol. The zero-order valence-corrected chi connectivity index (χ0v) is 8.00. The standard InChI is InChI=1S/C11H10F2N2/c12-9-2-1-3-10(13)8(9)4-5-11-14-6-7-15-11/h1-3,6-7H,4-5H2,(H,14,15). The van der Waals surface area contributed by atoms with Gasteiger partial charge in [-0.1, -0.05) is 6.07 Å². The van der Waals surface area contributed by atoms with Gasteiger partial charge in [0.25, 0.3) is 0 Å². The van der Waals surface area contributed by atoms with Crippen LogP contribution in [0.3, 0.4) is 0 Å². The van der Waals surface area contributed by atoms with Gasteiger partial charge in [0, 0.05) is 24.4 Å². The van der Waals surface area contributed by atoms with E-state index in [1.165, 1.54) is 18.2 Å². The van der Waals surface area contributed by atoms with E-state index in [9.17, 15) is 8.78 Å². The van der Waals surface area contributed by atoms with Crippen LogP contribution in [0, 0.1) is 11.6 Å². The summed E-state index contributed by atoms with van der Waals surface area (Å²) in [5.41, 5.74) is 0.119. The molecule has 4 heteroatoms. The highest BCUT2D eigenvalue weighted by Crippen LogP contribution is 2.13. The fraction of sp³-hybridized carbons (Fsp3) is 0.182. The fourth-order valence-electron chi connectivity index (χ4n) is 1.45. The zero-order chi connectivity index (χ0) is 10.7. The van der Waals surface area contributed by atoms with Crippen molar-refractivity contribution in [3.63, 3.8) is 0 Å². The number of nitrogens with one attached hydrogen (secondary N) is 1. The monoisotopic (exact) mass is 208 g/mol. The maximum Gasteiger partial charge on any atom is 0.129 e. The van der Waals surface area contributed by atoms with Crippen LogP contribution in [0.15, 0.2) is 30.6 Å². The van der Waals surface area contributed by atoms with Crippen LogP contribution in [-0.2, 0) is 12.8 Å². The molecule has 0 aliphatic rings. The summed E-state index contributed by atoms with van der Waals surface area (Å²) in [4.78, 5) is 6.88. The lowest BCUT2D eigenvalue weighted by atomic mass is 10.1. The Hall–Kier alpha value is -1.71. The second-order valence-electron chi connectivity index (χ2n) is 3.24. The predicted octanol–water partition coefficient (Wildman–Crippen LogP) is 2.47. The summed E-state index contributed by atoms with van der Waals surface area (Å²) in [7, 11) is 0. The number of nitrogens with zero attached hydrogens (tertiary/aromatic N) is 1. The molecule has 0 amide bonds. The van der Waals surface area contributed by atoms with E-state index in [0.717, 1.165) is 5.82 Å². The van der Waals surface area contributed by atoms with Crippen LogP contribution in [0.25, 0.3) is 0 Å². The second-order valence-corrected chi connectivity index (χ2v) is 3.24. The minimum Gasteiger partial charge on any atom is -0.349 e. The largest absolute Gasteiger partial charge is 0.349 e. The van der Waals surface area contributed by atoms with E-state index in [4.69, 9.17) is 0 Å². The molecule has 1 aromatic carbocycles.